The van der Waals surface area contributed by atoms with Gasteiger partial charge in [-0.3, -0.25) is 5.43 Å². The quantitative estimate of drug-likeness (QED) is 0.641. The van der Waals surface area contributed by atoms with Crippen LogP contribution in [0, 0.1) is 0 Å². The lowest BCUT2D eigenvalue weighted by atomic mass is 10.7. The van der Waals surface area contributed by atoms with E-state index in [9.17, 15) is 18.0 Å². The second-order valence-electron chi connectivity index (χ2n) is 1.81. The number of rotatable bonds is 3. The molecule has 0 fully saturated rings. The van der Waals surface area contributed by atoms with Crippen molar-refractivity contribution in [2.24, 2.45) is 0 Å². The fourth-order valence-electron chi connectivity index (χ4n) is 0.384. The van der Waals surface area contributed by atoms with Crippen LogP contribution in [0.1, 0.15) is 6.92 Å². The molecule has 1 amide bonds. The Balaban J connectivity index is 3.37. The third-order valence-electron chi connectivity index (χ3n) is 0.755. The lowest BCUT2D eigenvalue weighted by molar-refractivity contribution is -0.126. The lowest BCUT2D eigenvalue weighted by Crippen LogP contribution is -2.43. The van der Waals surface area contributed by atoms with Gasteiger partial charge in [-0.05, 0) is 6.92 Å². The van der Waals surface area contributed by atoms with Crippen molar-refractivity contribution in [3.05, 3.63) is 0 Å². The SMILES string of the molecule is CCOC(=O)NNCC(F)(F)F. The fraction of sp³-hybridized carbons (Fsp3) is 0.800. The molecule has 72 valence electrons. The number of hydrogen-bond acceptors (Lipinski definition) is 3. The molecule has 0 aromatic rings. The number of halogens is 3. The Bertz CT molecular complexity index is 148. The molecule has 0 radical (unpaired) electrons. The smallest absolute Gasteiger partial charge is 0.421 e. The third kappa shape index (κ3) is 7.13. The predicted octanol–water partition coefficient (Wildman–Crippen LogP) is 0.799. The molecule has 0 saturated carbocycles. The van der Waals surface area contributed by atoms with Gasteiger partial charge in [-0.25, -0.2) is 10.2 Å². The van der Waals surface area contributed by atoms with Crippen LogP contribution in [0.25, 0.3) is 0 Å². The fourth-order valence-corrected chi connectivity index (χ4v) is 0.384. The van der Waals surface area contributed by atoms with Crippen LogP contribution < -0.4 is 10.9 Å². The van der Waals surface area contributed by atoms with Gasteiger partial charge in [0.2, 0.25) is 0 Å². The minimum absolute atomic E-state index is 0.111. The van der Waals surface area contributed by atoms with Gasteiger partial charge in [-0.2, -0.15) is 13.2 Å². The molecule has 0 atom stereocenters. The lowest BCUT2D eigenvalue weighted by Gasteiger charge is -2.08. The van der Waals surface area contributed by atoms with E-state index >= 15 is 0 Å². The monoisotopic (exact) mass is 186 g/mol. The molecule has 0 aromatic carbocycles. The van der Waals surface area contributed by atoms with Gasteiger partial charge >= 0.3 is 12.3 Å². The van der Waals surface area contributed by atoms with Crippen LogP contribution in [0.4, 0.5) is 18.0 Å². The number of hydrogen-bond donors (Lipinski definition) is 2. The Morgan fingerprint density at radius 3 is 2.50 bits per heavy atom. The summed E-state index contributed by atoms with van der Waals surface area (Å²) in [4.78, 5) is 10.4. The topological polar surface area (TPSA) is 50.4 Å². The molecule has 0 bridgehead atoms. The number of carbonyl (C=O) groups excluding carboxylic acids is 1. The van der Waals surface area contributed by atoms with E-state index in [1.54, 1.807) is 17.8 Å². The van der Waals surface area contributed by atoms with E-state index < -0.39 is 18.8 Å². The van der Waals surface area contributed by atoms with Crippen molar-refractivity contribution < 1.29 is 22.7 Å². The van der Waals surface area contributed by atoms with Crippen LogP contribution in [0.3, 0.4) is 0 Å². The molecule has 0 aliphatic rings. The van der Waals surface area contributed by atoms with Crippen LogP contribution >= 0.6 is 0 Å². The van der Waals surface area contributed by atoms with Gasteiger partial charge in [-0.15, -0.1) is 0 Å². The summed E-state index contributed by atoms with van der Waals surface area (Å²) in [6.45, 7) is 0.370. The zero-order chi connectivity index (χ0) is 9.61. The molecule has 0 aliphatic heterocycles. The first-order valence-corrected chi connectivity index (χ1v) is 3.18. The number of ether oxygens (including phenoxy) is 1. The maximum Gasteiger partial charge on any atom is 0.421 e. The molecule has 7 heteroatoms. The Kier molecular flexibility index (Phi) is 4.42. The van der Waals surface area contributed by atoms with Crippen LogP contribution in [-0.2, 0) is 4.74 Å². The highest BCUT2D eigenvalue weighted by Gasteiger charge is 2.26. The van der Waals surface area contributed by atoms with Crippen LogP contribution in [0.5, 0.6) is 0 Å². The number of hydrazine groups is 1. The summed E-state index contributed by atoms with van der Waals surface area (Å²) in [5, 5.41) is 0. The molecule has 0 heterocycles. The summed E-state index contributed by atoms with van der Waals surface area (Å²) >= 11 is 0. The Morgan fingerprint density at radius 1 is 1.50 bits per heavy atom. The largest absolute Gasteiger partial charge is 0.449 e. The predicted molar refractivity (Wildman–Crippen MR) is 34.2 cm³/mol. The van der Waals surface area contributed by atoms with Crippen molar-refractivity contribution in [3.63, 3.8) is 0 Å². The van der Waals surface area contributed by atoms with Crippen molar-refractivity contribution >= 4 is 6.09 Å². The molecule has 0 rings (SSSR count). The van der Waals surface area contributed by atoms with E-state index in [0.29, 0.717) is 0 Å². The molecule has 12 heavy (non-hydrogen) atoms. The van der Waals surface area contributed by atoms with Gasteiger partial charge in [0.1, 0.15) is 6.54 Å². The van der Waals surface area contributed by atoms with Crippen molar-refractivity contribution in [2.75, 3.05) is 13.2 Å². The standard InChI is InChI=1S/C5H9F3N2O2/c1-2-12-4(11)10-9-3-5(6,7)8/h9H,2-3H2,1H3,(H,10,11). The minimum Gasteiger partial charge on any atom is -0.449 e. The highest BCUT2D eigenvalue weighted by atomic mass is 19.4. The first kappa shape index (κ1) is 11.0. The molecule has 0 unspecified atom stereocenters. The minimum atomic E-state index is -4.35. The third-order valence-corrected chi connectivity index (χ3v) is 0.755. The summed E-state index contributed by atoms with van der Waals surface area (Å²) in [5.41, 5.74) is 3.37. The van der Waals surface area contributed by atoms with Gasteiger partial charge in [0.05, 0.1) is 6.61 Å². The number of nitrogens with one attached hydrogen (secondary N) is 2. The number of amides is 1. The van der Waals surface area contributed by atoms with Crippen molar-refractivity contribution in [2.45, 2.75) is 13.1 Å². The summed E-state index contributed by atoms with van der Waals surface area (Å²) in [5.74, 6) is 0. The van der Waals surface area contributed by atoms with E-state index in [-0.39, 0.29) is 6.61 Å². The molecule has 2 N–H and O–H groups in total. The average molecular weight is 186 g/mol. The van der Waals surface area contributed by atoms with Gasteiger partial charge in [-0.1, -0.05) is 0 Å². The van der Waals surface area contributed by atoms with Crippen molar-refractivity contribution in [1.29, 1.82) is 0 Å². The van der Waals surface area contributed by atoms with Gasteiger partial charge in [0.15, 0.2) is 0 Å². The molecular weight excluding hydrogens is 177 g/mol. The number of carbonyl (C=O) groups is 1. The normalized spacial score (nSPS) is 11.0. The molecule has 0 saturated heterocycles. The first-order valence-electron chi connectivity index (χ1n) is 3.18. The van der Waals surface area contributed by atoms with Crippen LogP contribution in [-0.4, -0.2) is 25.4 Å². The first-order chi connectivity index (χ1) is 5.45. The molecule has 0 aliphatic carbocycles. The van der Waals surface area contributed by atoms with Crippen molar-refractivity contribution in [3.8, 4) is 0 Å². The van der Waals surface area contributed by atoms with Gasteiger partial charge in [0, 0.05) is 0 Å². The van der Waals surface area contributed by atoms with Crippen LogP contribution in [0.2, 0.25) is 0 Å². The molecule has 0 spiro atoms. The van der Waals surface area contributed by atoms with Crippen LogP contribution in [0.15, 0.2) is 0 Å². The Hall–Kier alpha value is -0.980. The molecule has 4 nitrogen and oxygen atoms in total. The summed E-state index contributed by atoms with van der Waals surface area (Å²) < 4.78 is 38.6. The maximum absolute atomic E-state index is 11.4. The second kappa shape index (κ2) is 4.81. The molecular formula is C5H9F3N2O2. The van der Waals surface area contributed by atoms with Crippen molar-refractivity contribution in [1.82, 2.24) is 10.9 Å². The number of alkyl halides is 3. The van der Waals surface area contributed by atoms with E-state index in [4.69, 9.17) is 0 Å². The van der Waals surface area contributed by atoms with E-state index in [1.807, 2.05) is 0 Å². The Morgan fingerprint density at radius 2 is 2.08 bits per heavy atom. The maximum atomic E-state index is 11.4. The zero-order valence-electron chi connectivity index (χ0n) is 6.36. The van der Waals surface area contributed by atoms with E-state index in [0.717, 1.165) is 0 Å². The summed E-state index contributed by atoms with van der Waals surface area (Å²) in [6.07, 6.45) is -5.28. The highest BCUT2D eigenvalue weighted by molar-refractivity contribution is 5.66. The Labute approximate surface area is 67.0 Å². The van der Waals surface area contributed by atoms with Gasteiger partial charge < -0.3 is 4.74 Å². The molecule has 0 aromatic heterocycles. The van der Waals surface area contributed by atoms with Gasteiger partial charge in [0.25, 0.3) is 0 Å². The highest BCUT2D eigenvalue weighted by Crippen LogP contribution is 2.11. The second-order valence-corrected chi connectivity index (χ2v) is 1.81. The zero-order valence-corrected chi connectivity index (χ0v) is 6.36. The average Bonchev–Trinajstić information content (AvgIpc) is 1.84. The van der Waals surface area contributed by atoms with E-state index in [2.05, 4.69) is 4.74 Å². The van der Waals surface area contributed by atoms with E-state index in [1.165, 1.54) is 0 Å². The summed E-state index contributed by atoms with van der Waals surface area (Å²) in [7, 11) is 0. The summed E-state index contributed by atoms with van der Waals surface area (Å²) in [6, 6.07) is 0.